The van der Waals surface area contributed by atoms with Crippen molar-refractivity contribution in [3.63, 3.8) is 0 Å². The molecule has 0 heterocycles. The van der Waals surface area contributed by atoms with Gasteiger partial charge in [0.1, 0.15) is 7.85 Å². The average molecular weight is 328 g/mol. The van der Waals surface area contributed by atoms with Crippen molar-refractivity contribution in [2.45, 2.75) is 55.4 Å². The topological polar surface area (TPSA) is 0 Å². The summed E-state index contributed by atoms with van der Waals surface area (Å²) < 4.78 is 0. The van der Waals surface area contributed by atoms with Gasteiger partial charge in [-0.1, -0.05) is 35.8 Å². The molecule has 0 aliphatic heterocycles. The van der Waals surface area contributed by atoms with Crippen LogP contribution in [0.5, 0.6) is 0 Å². The van der Waals surface area contributed by atoms with Crippen LogP contribution in [0.25, 0.3) is 11.6 Å². The zero-order chi connectivity index (χ0) is 19.0. The van der Waals surface area contributed by atoms with Crippen molar-refractivity contribution < 1.29 is 0 Å². The lowest BCUT2D eigenvalue weighted by Gasteiger charge is -2.18. The van der Waals surface area contributed by atoms with Gasteiger partial charge in [-0.15, -0.1) is 0 Å². The molecule has 0 spiro atoms. The fourth-order valence-corrected chi connectivity index (χ4v) is 3.57. The number of hydrogen-bond acceptors (Lipinski definition) is 0. The molecule has 2 rings (SSSR count). The van der Waals surface area contributed by atoms with E-state index in [-0.39, 0.29) is 0 Å². The minimum Gasteiger partial charge on any atom is -0.0912 e. The summed E-state index contributed by atoms with van der Waals surface area (Å²) in [5.74, 6) is 0. The van der Waals surface area contributed by atoms with E-state index >= 15 is 0 Å². The SMILES string of the molecule is [B]c1c(C)cc(C)c(C)c1C(=C)/C=C/c1c(C)c(C)c(C)c(C)c1C. The van der Waals surface area contributed by atoms with Crippen molar-refractivity contribution in [1.82, 2.24) is 0 Å². The van der Waals surface area contributed by atoms with Gasteiger partial charge in [-0.3, -0.25) is 0 Å². The van der Waals surface area contributed by atoms with Gasteiger partial charge in [0.05, 0.1) is 0 Å². The van der Waals surface area contributed by atoms with Crippen molar-refractivity contribution in [1.29, 1.82) is 0 Å². The maximum Gasteiger partial charge on any atom is 0.115 e. The molecule has 0 nitrogen and oxygen atoms in total. The predicted octanol–water partition coefficient (Wildman–Crippen LogP) is 5.67. The molecule has 0 amide bonds. The van der Waals surface area contributed by atoms with Crippen molar-refractivity contribution >= 4 is 25.0 Å². The third-order valence-corrected chi connectivity index (χ3v) is 5.92. The Balaban J connectivity index is 2.54. The van der Waals surface area contributed by atoms with Crippen LogP contribution in [0.15, 0.2) is 18.7 Å². The van der Waals surface area contributed by atoms with Gasteiger partial charge in [0.2, 0.25) is 0 Å². The van der Waals surface area contributed by atoms with E-state index in [1.54, 1.807) is 0 Å². The Kier molecular flexibility index (Phi) is 5.47. The highest BCUT2D eigenvalue weighted by molar-refractivity contribution is 6.36. The standard InChI is InChI=1S/C24H29B/c1-13(23-16(4)14(2)12-15(3)24(23)25)10-11-22-20(8)18(6)17(5)19(7)21(22)9/h10-12H,1H2,2-9H3/b11-10+. The first-order valence-electron chi connectivity index (χ1n) is 8.88. The van der Waals surface area contributed by atoms with Crippen LogP contribution in [0, 0.1) is 55.4 Å². The van der Waals surface area contributed by atoms with Crippen LogP contribution in [0.1, 0.15) is 55.6 Å². The molecule has 25 heavy (non-hydrogen) atoms. The Morgan fingerprint density at radius 2 is 1.24 bits per heavy atom. The second kappa shape index (κ2) is 7.08. The lowest BCUT2D eigenvalue weighted by molar-refractivity contribution is 1.16. The zero-order valence-corrected chi connectivity index (χ0v) is 17.0. The Hall–Kier alpha value is -2.02. The summed E-state index contributed by atoms with van der Waals surface area (Å²) in [6.07, 6.45) is 4.31. The fraction of sp³-hybridized carbons (Fsp3) is 0.333. The number of benzene rings is 2. The van der Waals surface area contributed by atoms with Crippen LogP contribution >= 0.6 is 0 Å². The average Bonchev–Trinajstić information content (AvgIpc) is 2.56. The Bertz CT molecular complexity index is 840. The Morgan fingerprint density at radius 1 is 0.760 bits per heavy atom. The van der Waals surface area contributed by atoms with E-state index in [0.717, 1.165) is 22.2 Å². The van der Waals surface area contributed by atoms with Crippen LogP contribution in [0.2, 0.25) is 0 Å². The first kappa shape index (κ1) is 19.3. The quantitative estimate of drug-likeness (QED) is 0.503. The maximum absolute atomic E-state index is 6.36. The molecule has 0 bridgehead atoms. The molecular formula is C24H29B. The number of hydrogen-bond donors (Lipinski definition) is 0. The van der Waals surface area contributed by atoms with Gasteiger partial charge in [0.15, 0.2) is 0 Å². The molecule has 2 radical (unpaired) electrons. The molecule has 128 valence electrons. The third-order valence-electron chi connectivity index (χ3n) is 5.92. The molecule has 0 fully saturated rings. The zero-order valence-electron chi connectivity index (χ0n) is 17.0. The van der Waals surface area contributed by atoms with Crippen LogP contribution in [-0.2, 0) is 0 Å². The molecule has 0 saturated heterocycles. The van der Waals surface area contributed by atoms with Crippen LogP contribution in [0.4, 0.5) is 0 Å². The van der Waals surface area contributed by atoms with Crippen molar-refractivity contribution in [2.75, 3.05) is 0 Å². The summed E-state index contributed by atoms with van der Waals surface area (Å²) in [6, 6.07) is 2.14. The molecule has 0 saturated carbocycles. The summed E-state index contributed by atoms with van der Waals surface area (Å²) in [5, 5.41) is 0. The maximum atomic E-state index is 6.36. The van der Waals surface area contributed by atoms with E-state index in [0.29, 0.717) is 0 Å². The number of rotatable bonds is 3. The molecule has 0 atom stereocenters. The van der Waals surface area contributed by atoms with E-state index in [2.05, 4.69) is 80.2 Å². The van der Waals surface area contributed by atoms with E-state index in [1.807, 2.05) is 0 Å². The van der Waals surface area contributed by atoms with E-state index < -0.39 is 0 Å². The fourth-order valence-electron chi connectivity index (χ4n) is 3.57. The molecular weight excluding hydrogens is 299 g/mol. The highest BCUT2D eigenvalue weighted by Gasteiger charge is 2.12. The normalized spacial score (nSPS) is 11.4. The van der Waals surface area contributed by atoms with Gasteiger partial charge < -0.3 is 0 Å². The lowest BCUT2D eigenvalue weighted by Crippen LogP contribution is -2.16. The van der Waals surface area contributed by atoms with Crippen LogP contribution in [0.3, 0.4) is 0 Å². The molecule has 2 aromatic rings. The molecule has 0 aliphatic rings. The van der Waals surface area contributed by atoms with Crippen molar-refractivity contribution in [2.24, 2.45) is 0 Å². The van der Waals surface area contributed by atoms with Crippen molar-refractivity contribution in [3.05, 3.63) is 74.4 Å². The number of allylic oxidation sites excluding steroid dienone is 2. The minimum atomic E-state index is 0.836. The third kappa shape index (κ3) is 3.38. The summed E-state index contributed by atoms with van der Waals surface area (Å²) in [4.78, 5) is 0. The first-order chi connectivity index (χ1) is 11.6. The summed E-state index contributed by atoms with van der Waals surface area (Å²) >= 11 is 0. The van der Waals surface area contributed by atoms with Gasteiger partial charge in [-0.05, 0) is 111 Å². The van der Waals surface area contributed by atoms with Gasteiger partial charge in [-0.25, -0.2) is 0 Å². The first-order valence-corrected chi connectivity index (χ1v) is 8.88. The van der Waals surface area contributed by atoms with Crippen LogP contribution in [-0.4, -0.2) is 7.85 Å². The molecule has 0 N–H and O–H groups in total. The second-order valence-corrected chi connectivity index (χ2v) is 7.32. The number of aryl methyl sites for hydroxylation is 2. The molecule has 0 unspecified atom stereocenters. The van der Waals surface area contributed by atoms with Gasteiger partial charge in [0.25, 0.3) is 0 Å². The highest BCUT2D eigenvalue weighted by Crippen LogP contribution is 2.28. The van der Waals surface area contributed by atoms with Gasteiger partial charge >= 0.3 is 0 Å². The summed E-state index contributed by atoms with van der Waals surface area (Å²) in [7, 11) is 6.36. The second-order valence-electron chi connectivity index (χ2n) is 7.32. The molecule has 0 aliphatic carbocycles. The highest BCUT2D eigenvalue weighted by atomic mass is 14.2. The van der Waals surface area contributed by atoms with Crippen molar-refractivity contribution in [3.8, 4) is 0 Å². The van der Waals surface area contributed by atoms with Crippen LogP contribution < -0.4 is 5.46 Å². The molecule has 0 aromatic heterocycles. The monoisotopic (exact) mass is 328 g/mol. The predicted molar refractivity (Wildman–Crippen MR) is 114 cm³/mol. The summed E-state index contributed by atoms with van der Waals surface area (Å²) in [5.41, 5.74) is 14.6. The molecule has 1 heteroatoms. The van der Waals surface area contributed by atoms with E-state index in [9.17, 15) is 0 Å². The Labute approximate surface area is 155 Å². The lowest BCUT2D eigenvalue weighted by atomic mass is 9.79. The van der Waals surface area contributed by atoms with E-state index in [4.69, 9.17) is 7.85 Å². The van der Waals surface area contributed by atoms with E-state index in [1.165, 1.54) is 44.5 Å². The Morgan fingerprint density at radius 3 is 1.76 bits per heavy atom. The largest absolute Gasteiger partial charge is 0.115 e. The smallest absolute Gasteiger partial charge is 0.0912 e. The van der Waals surface area contributed by atoms with Gasteiger partial charge in [-0.2, -0.15) is 0 Å². The molecule has 2 aromatic carbocycles. The van der Waals surface area contributed by atoms with Gasteiger partial charge in [0, 0.05) is 0 Å². The minimum absolute atomic E-state index is 0.836. The summed E-state index contributed by atoms with van der Waals surface area (Å²) in [6.45, 7) is 21.6.